The smallest absolute Gasteiger partial charge is 0.338 e. The average Bonchev–Trinajstić information content (AvgIpc) is 2.86. The van der Waals surface area contributed by atoms with E-state index in [-0.39, 0.29) is 17.4 Å². The van der Waals surface area contributed by atoms with Gasteiger partial charge in [0.1, 0.15) is 5.82 Å². The average molecular weight is 495 g/mol. The SMILES string of the molecule is CCOC(=O)c1cccc(NC(=O)C2CCN(c3ccc(=O)n(-c4ccc(C)c(Cl)c4)n3)CC2)c1. The Morgan fingerprint density at radius 2 is 1.89 bits per heavy atom. The summed E-state index contributed by atoms with van der Waals surface area (Å²) in [6, 6.07) is 15.3. The maximum absolute atomic E-state index is 12.8. The molecule has 1 N–H and O–H groups in total. The van der Waals surface area contributed by atoms with Crippen molar-refractivity contribution in [3.63, 3.8) is 0 Å². The Kier molecular flexibility index (Phi) is 7.51. The van der Waals surface area contributed by atoms with Crippen molar-refractivity contribution >= 4 is 35.0 Å². The number of rotatable bonds is 6. The molecule has 3 aromatic rings. The van der Waals surface area contributed by atoms with Crippen LogP contribution >= 0.6 is 11.6 Å². The second-order valence-corrected chi connectivity index (χ2v) is 8.83. The number of carbonyl (C=O) groups excluding carboxylic acids is 2. The largest absolute Gasteiger partial charge is 0.462 e. The third-order valence-corrected chi connectivity index (χ3v) is 6.42. The van der Waals surface area contributed by atoms with Crippen molar-refractivity contribution in [3.8, 4) is 5.69 Å². The minimum atomic E-state index is -0.418. The van der Waals surface area contributed by atoms with E-state index in [4.69, 9.17) is 16.3 Å². The summed E-state index contributed by atoms with van der Waals surface area (Å²) in [5.74, 6) is -0.00172. The van der Waals surface area contributed by atoms with E-state index in [0.717, 1.165) is 5.56 Å². The van der Waals surface area contributed by atoms with Gasteiger partial charge in [0.2, 0.25) is 5.91 Å². The molecule has 1 aliphatic rings. The Morgan fingerprint density at radius 1 is 1.11 bits per heavy atom. The van der Waals surface area contributed by atoms with Gasteiger partial charge in [0.15, 0.2) is 0 Å². The molecule has 0 radical (unpaired) electrons. The number of aryl methyl sites for hydroxylation is 1. The van der Waals surface area contributed by atoms with Gasteiger partial charge in [-0.3, -0.25) is 9.59 Å². The summed E-state index contributed by atoms with van der Waals surface area (Å²) in [6.07, 6.45) is 1.28. The Hall–Kier alpha value is -3.65. The van der Waals surface area contributed by atoms with Crippen LogP contribution in [0, 0.1) is 12.8 Å². The summed E-state index contributed by atoms with van der Waals surface area (Å²) in [4.78, 5) is 39.3. The van der Waals surface area contributed by atoms with Crippen LogP contribution in [-0.4, -0.2) is 41.4 Å². The lowest BCUT2D eigenvalue weighted by Gasteiger charge is -2.32. The third-order valence-electron chi connectivity index (χ3n) is 6.02. The fourth-order valence-corrected chi connectivity index (χ4v) is 4.20. The highest BCUT2D eigenvalue weighted by atomic mass is 35.5. The summed E-state index contributed by atoms with van der Waals surface area (Å²) in [5, 5.41) is 8.03. The van der Waals surface area contributed by atoms with Gasteiger partial charge in [-0.1, -0.05) is 23.7 Å². The Labute approximate surface area is 208 Å². The summed E-state index contributed by atoms with van der Waals surface area (Å²) >= 11 is 6.23. The number of piperidine rings is 1. The lowest BCUT2D eigenvalue weighted by atomic mass is 9.95. The number of anilines is 2. The van der Waals surface area contributed by atoms with Gasteiger partial charge in [-0.15, -0.1) is 5.10 Å². The van der Waals surface area contributed by atoms with Crippen LogP contribution in [0.3, 0.4) is 0 Å². The van der Waals surface area contributed by atoms with E-state index in [1.54, 1.807) is 43.3 Å². The maximum Gasteiger partial charge on any atom is 0.338 e. The molecule has 2 aromatic carbocycles. The quantitative estimate of drug-likeness (QED) is 0.515. The van der Waals surface area contributed by atoms with Gasteiger partial charge in [0.05, 0.1) is 17.9 Å². The molecule has 0 atom stereocenters. The van der Waals surface area contributed by atoms with E-state index >= 15 is 0 Å². The molecule has 0 spiro atoms. The highest BCUT2D eigenvalue weighted by Gasteiger charge is 2.26. The molecule has 4 rings (SSSR count). The van der Waals surface area contributed by atoms with Crippen LogP contribution in [0.25, 0.3) is 5.69 Å². The van der Waals surface area contributed by atoms with Gasteiger partial charge >= 0.3 is 5.97 Å². The van der Waals surface area contributed by atoms with Crippen LogP contribution in [0.2, 0.25) is 5.02 Å². The van der Waals surface area contributed by atoms with Crippen molar-refractivity contribution in [2.24, 2.45) is 5.92 Å². The molecule has 0 saturated carbocycles. The summed E-state index contributed by atoms with van der Waals surface area (Å²) < 4.78 is 6.37. The third kappa shape index (κ3) is 5.71. The molecule has 1 fully saturated rings. The fraction of sp³-hybridized carbons (Fsp3) is 0.308. The molecule has 0 bridgehead atoms. The van der Waals surface area contributed by atoms with E-state index in [0.29, 0.717) is 60.3 Å². The molecule has 1 aromatic heterocycles. The minimum absolute atomic E-state index is 0.0853. The number of ether oxygens (including phenoxy) is 1. The van der Waals surface area contributed by atoms with E-state index in [1.165, 1.54) is 10.7 Å². The molecule has 0 unspecified atom stereocenters. The van der Waals surface area contributed by atoms with Crippen molar-refractivity contribution < 1.29 is 14.3 Å². The predicted molar refractivity (Wildman–Crippen MR) is 136 cm³/mol. The molecule has 2 heterocycles. The normalized spacial score (nSPS) is 14.0. The fourth-order valence-electron chi connectivity index (χ4n) is 4.02. The van der Waals surface area contributed by atoms with Crippen LogP contribution in [-0.2, 0) is 9.53 Å². The Morgan fingerprint density at radius 3 is 2.60 bits per heavy atom. The first-order valence-electron chi connectivity index (χ1n) is 11.6. The van der Waals surface area contributed by atoms with Gasteiger partial charge in [0.25, 0.3) is 5.56 Å². The number of amides is 1. The minimum Gasteiger partial charge on any atom is -0.462 e. The van der Waals surface area contributed by atoms with E-state index in [1.807, 2.05) is 19.1 Å². The van der Waals surface area contributed by atoms with Crippen LogP contribution in [0.5, 0.6) is 0 Å². The van der Waals surface area contributed by atoms with E-state index in [2.05, 4.69) is 15.3 Å². The summed E-state index contributed by atoms with van der Waals surface area (Å²) in [6.45, 7) is 5.19. The first kappa shape index (κ1) is 24.5. The van der Waals surface area contributed by atoms with Crippen LogP contribution in [0.15, 0.2) is 59.4 Å². The number of nitrogens with zero attached hydrogens (tertiary/aromatic N) is 3. The number of nitrogens with one attached hydrogen (secondary N) is 1. The molecule has 182 valence electrons. The summed E-state index contributed by atoms with van der Waals surface area (Å²) in [5.41, 5.74) is 2.25. The molecular weight excluding hydrogens is 468 g/mol. The van der Waals surface area contributed by atoms with Gasteiger partial charge < -0.3 is 15.0 Å². The molecule has 1 amide bonds. The second kappa shape index (κ2) is 10.7. The Balaban J connectivity index is 1.40. The molecule has 35 heavy (non-hydrogen) atoms. The molecular formula is C26H27ClN4O4. The molecule has 1 saturated heterocycles. The maximum atomic E-state index is 12.8. The number of halogens is 1. The number of carbonyl (C=O) groups is 2. The Bertz CT molecular complexity index is 1300. The lowest BCUT2D eigenvalue weighted by molar-refractivity contribution is -0.120. The van der Waals surface area contributed by atoms with E-state index < -0.39 is 5.97 Å². The lowest BCUT2D eigenvalue weighted by Crippen LogP contribution is -2.39. The second-order valence-electron chi connectivity index (χ2n) is 8.43. The van der Waals surface area contributed by atoms with Crippen molar-refractivity contribution in [3.05, 3.63) is 81.1 Å². The first-order valence-corrected chi connectivity index (χ1v) is 11.9. The van der Waals surface area contributed by atoms with Gasteiger partial charge in [-0.05, 0) is 68.7 Å². The highest BCUT2D eigenvalue weighted by molar-refractivity contribution is 6.31. The monoisotopic (exact) mass is 494 g/mol. The van der Waals surface area contributed by atoms with Crippen molar-refractivity contribution in [1.82, 2.24) is 9.78 Å². The predicted octanol–water partition coefficient (Wildman–Crippen LogP) is 4.23. The molecule has 1 aliphatic heterocycles. The van der Waals surface area contributed by atoms with Crippen LogP contribution in [0.1, 0.15) is 35.7 Å². The summed E-state index contributed by atoms with van der Waals surface area (Å²) in [7, 11) is 0. The van der Waals surface area contributed by atoms with Gasteiger partial charge in [-0.25, -0.2) is 4.79 Å². The molecule has 8 nitrogen and oxygen atoms in total. The van der Waals surface area contributed by atoms with Crippen molar-refractivity contribution in [2.75, 3.05) is 29.9 Å². The van der Waals surface area contributed by atoms with Crippen molar-refractivity contribution in [1.29, 1.82) is 0 Å². The standard InChI is InChI=1S/C26H27ClN4O4/c1-3-35-26(34)19-5-4-6-20(15-19)28-25(33)18-11-13-30(14-12-18)23-9-10-24(32)31(29-23)21-8-7-17(2)22(27)16-21/h4-10,15-16,18H,3,11-14H2,1-2H3,(H,28,33). The number of benzene rings is 2. The van der Waals surface area contributed by atoms with Crippen LogP contribution < -0.4 is 15.8 Å². The highest BCUT2D eigenvalue weighted by Crippen LogP contribution is 2.24. The number of hydrogen-bond donors (Lipinski definition) is 1. The zero-order valence-electron chi connectivity index (χ0n) is 19.7. The van der Waals surface area contributed by atoms with Gasteiger partial charge in [-0.2, -0.15) is 4.68 Å². The topological polar surface area (TPSA) is 93.5 Å². The number of hydrogen-bond acceptors (Lipinski definition) is 6. The zero-order valence-corrected chi connectivity index (χ0v) is 20.4. The van der Waals surface area contributed by atoms with Crippen LogP contribution in [0.4, 0.5) is 11.5 Å². The number of aromatic nitrogens is 2. The number of esters is 1. The molecule has 9 heteroatoms. The first-order chi connectivity index (χ1) is 16.9. The zero-order chi connectivity index (χ0) is 24.9. The molecule has 0 aliphatic carbocycles. The van der Waals surface area contributed by atoms with Gasteiger partial charge in [0, 0.05) is 35.8 Å². The van der Waals surface area contributed by atoms with Crippen molar-refractivity contribution in [2.45, 2.75) is 26.7 Å². The van der Waals surface area contributed by atoms with E-state index in [9.17, 15) is 14.4 Å².